The zero-order valence-electron chi connectivity index (χ0n) is 18.0. The number of ketones is 1. The van der Waals surface area contributed by atoms with Gasteiger partial charge in [-0.15, -0.1) is 22.7 Å². The maximum atomic E-state index is 13.6. The number of hydrogen-bond donors (Lipinski definition) is 1. The van der Waals surface area contributed by atoms with Crippen LogP contribution in [0.25, 0.3) is 0 Å². The Morgan fingerprint density at radius 3 is 2.53 bits per heavy atom. The molecule has 4 rings (SSSR count). The summed E-state index contributed by atoms with van der Waals surface area (Å²) in [5.41, 5.74) is 1.26. The fourth-order valence-corrected chi connectivity index (χ4v) is 5.43. The fraction of sp³-hybridized carbons (Fsp3) is 0.261. The second-order valence-corrected chi connectivity index (χ2v) is 9.50. The minimum Gasteiger partial charge on any atom is -0.503 e. The summed E-state index contributed by atoms with van der Waals surface area (Å²) in [7, 11) is 3.06. The number of aromatic nitrogens is 1. The Labute approximate surface area is 193 Å². The van der Waals surface area contributed by atoms with Gasteiger partial charge in [0.1, 0.15) is 0 Å². The molecule has 0 saturated heterocycles. The van der Waals surface area contributed by atoms with Crippen molar-refractivity contribution in [1.29, 1.82) is 0 Å². The lowest BCUT2D eigenvalue weighted by Crippen LogP contribution is -2.30. The summed E-state index contributed by atoms with van der Waals surface area (Å²) in [6.45, 7) is 3.83. The summed E-state index contributed by atoms with van der Waals surface area (Å²) in [4.78, 5) is 33.9. The first kappa shape index (κ1) is 22.0. The second-order valence-electron chi connectivity index (χ2n) is 7.27. The highest BCUT2D eigenvalue weighted by Crippen LogP contribution is 2.43. The molecule has 7 nitrogen and oxygen atoms in total. The van der Waals surface area contributed by atoms with Gasteiger partial charge in [-0.1, -0.05) is 12.1 Å². The Hall–Kier alpha value is -3.17. The Kier molecular flexibility index (Phi) is 6.03. The number of Topliss-reactive ketones (excluding diaryl/α,β-unsaturated/α-hetero) is 1. The van der Waals surface area contributed by atoms with Crippen LogP contribution in [0.1, 0.15) is 36.9 Å². The Balaban J connectivity index is 1.85. The van der Waals surface area contributed by atoms with Gasteiger partial charge in [0.15, 0.2) is 17.3 Å². The van der Waals surface area contributed by atoms with E-state index in [0.717, 1.165) is 9.88 Å². The predicted octanol–water partition coefficient (Wildman–Crippen LogP) is 4.62. The predicted molar refractivity (Wildman–Crippen MR) is 123 cm³/mol. The van der Waals surface area contributed by atoms with Gasteiger partial charge >= 0.3 is 0 Å². The van der Waals surface area contributed by atoms with E-state index in [1.807, 2.05) is 24.4 Å². The van der Waals surface area contributed by atoms with Crippen molar-refractivity contribution in [1.82, 2.24) is 9.88 Å². The van der Waals surface area contributed by atoms with Crippen LogP contribution in [0.15, 0.2) is 47.0 Å². The quantitative estimate of drug-likeness (QED) is 0.507. The van der Waals surface area contributed by atoms with Crippen LogP contribution in [0.2, 0.25) is 0 Å². The number of methoxy groups -OCH3 is 2. The molecule has 1 amide bonds. The number of thiazole rings is 1. The van der Waals surface area contributed by atoms with E-state index < -0.39 is 23.5 Å². The van der Waals surface area contributed by atoms with Crippen molar-refractivity contribution < 1.29 is 24.2 Å². The van der Waals surface area contributed by atoms with E-state index in [4.69, 9.17) is 9.47 Å². The summed E-state index contributed by atoms with van der Waals surface area (Å²) in [5, 5.41) is 13.5. The smallest absolute Gasteiger partial charge is 0.290 e. The van der Waals surface area contributed by atoms with Crippen LogP contribution < -0.4 is 9.47 Å². The molecule has 2 aromatic heterocycles. The molecule has 0 aliphatic carbocycles. The molecule has 3 heterocycles. The van der Waals surface area contributed by atoms with E-state index >= 15 is 0 Å². The van der Waals surface area contributed by atoms with E-state index in [1.54, 1.807) is 25.1 Å². The molecule has 0 radical (unpaired) electrons. The van der Waals surface area contributed by atoms with Crippen LogP contribution in [0, 0.1) is 13.8 Å². The molecule has 1 aliphatic rings. The number of rotatable bonds is 7. The van der Waals surface area contributed by atoms with E-state index in [-0.39, 0.29) is 12.1 Å². The molecule has 0 fully saturated rings. The number of aliphatic hydroxyl groups excluding tert-OH is 1. The molecule has 0 bridgehead atoms. The average molecular weight is 471 g/mol. The maximum absolute atomic E-state index is 13.6. The van der Waals surface area contributed by atoms with Crippen LogP contribution in [0.5, 0.6) is 11.5 Å². The van der Waals surface area contributed by atoms with Crippen LogP contribution >= 0.6 is 22.7 Å². The first-order valence-electron chi connectivity index (χ1n) is 9.82. The van der Waals surface area contributed by atoms with Crippen LogP contribution in [-0.2, 0) is 11.3 Å². The number of carbonyl (C=O) groups is 2. The van der Waals surface area contributed by atoms with E-state index in [2.05, 4.69) is 4.98 Å². The summed E-state index contributed by atoms with van der Waals surface area (Å²) >= 11 is 2.76. The average Bonchev–Trinajstić information content (AvgIpc) is 3.48. The molecule has 9 heteroatoms. The number of nitrogens with zero attached hydrogens (tertiary/aromatic N) is 2. The molecule has 1 unspecified atom stereocenters. The SMILES string of the molecule is COc1ccc(C2C(C(=O)c3sc(C)nc3C)=C(O)C(=O)N2Cc2cccs2)cc1OC. The largest absolute Gasteiger partial charge is 0.503 e. The highest BCUT2D eigenvalue weighted by Gasteiger charge is 2.44. The summed E-state index contributed by atoms with van der Waals surface area (Å²) in [5.74, 6) is -0.512. The first-order valence-corrected chi connectivity index (χ1v) is 11.5. The minimum atomic E-state index is -0.779. The van der Waals surface area contributed by atoms with Gasteiger partial charge in [-0.05, 0) is 43.0 Å². The van der Waals surface area contributed by atoms with E-state index in [1.165, 1.54) is 41.8 Å². The number of carbonyl (C=O) groups excluding carboxylic acids is 2. The summed E-state index contributed by atoms with van der Waals surface area (Å²) < 4.78 is 10.8. The zero-order chi connectivity index (χ0) is 23.0. The number of ether oxygens (including phenoxy) is 2. The molecule has 1 aromatic carbocycles. The normalized spacial score (nSPS) is 16.1. The maximum Gasteiger partial charge on any atom is 0.290 e. The van der Waals surface area contributed by atoms with Gasteiger partial charge in [-0.3, -0.25) is 9.59 Å². The third-order valence-corrected chi connectivity index (χ3v) is 7.22. The van der Waals surface area contributed by atoms with Crippen molar-refractivity contribution in [3.8, 4) is 11.5 Å². The Morgan fingerprint density at radius 2 is 1.94 bits per heavy atom. The van der Waals surface area contributed by atoms with Crippen LogP contribution in [-0.4, -0.2) is 40.9 Å². The summed E-state index contributed by atoms with van der Waals surface area (Å²) in [6, 6.07) is 8.26. The number of thiophene rings is 1. The highest BCUT2D eigenvalue weighted by molar-refractivity contribution is 7.14. The van der Waals surface area contributed by atoms with Crippen LogP contribution in [0.3, 0.4) is 0 Å². The van der Waals surface area contributed by atoms with Crippen molar-refractivity contribution in [3.05, 3.63) is 73.1 Å². The van der Waals surface area contributed by atoms with Crippen molar-refractivity contribution in [3.63, 3.8) is 0 Å². The molecule has 1 atom stereocenters. The molecule has 1 aliphatic heterocycles. The third-order valence-electron chi connectivity index (χ3n) is 5.29. The molecule has 3 aromatic rings. The molecule has 0 saturated carbocycles. The molecule has 166 valence electrons. The lowest BCUT2D eigenvalue weighted by molar-refractivity contribution is -0.130. The van der Waals surface area contributed by atoms with Crippen molar-refractivity contribution in [2.75, 3.05) is 14.2 Å². The van der Waals surface area contributed by atoms with Gasteiger partial charge in [0.2, 0.25) is 5.78 Å². The number of benzene rings is 1. The molecule has 1 N–H and O–H groups in total. The molecule has 32 heavy (non-hydrogen) atoms. The fourth-order valence-electron chi connectivity index (χ4n) is 3.85. The first-order chi connectivity index (χ1) is 15.3. The van der Waals surface area contributed by atoms with E-state index in [9.17, 15) is 14.7 Å². The number of hydrogen-bond acceptors (Lipinski definition) is 8. The molecular weight excluding hydrogens is 448 g/mol. The monoisotopic (exact) mass is 470 g/mol. The standard InChI is InChI=1S/C23H22N2O5S2/c1-12-22(32-13(2)24-12)20(26)18-19(14-7-8-16(29-3)17(10-14)30-4)25(23(28)21(18)27)11-15-6-5-9-31-15/h5-10,19,27H,11H2,1-4H3. The van der Waals surface area contributed by atoms with Gasteiger partial charge < -0.3 is 19.5 Å². The minimum absolute atomic E-state index is 0.0468. The zero-order valence-corrected chi connectivity index (χ0v) is 19.7. The van der Waals surface area contributed by atoms with Crippen LogP contribution in [0.4, 0.5) is 0 Å². The van der Waals surface area contributed by atoms with Gasteiger partial charge in [0.05, 0.1) is 48.0 Å². The topological polar surface area (TPSA) is 89.0 Å². The van der Waals surface area contributed by atoms with Gasteiger partial charge in [-0.25, -0.2) is 4.98 Å². The van der Waals surface area contributed by atoms with Gasteiger partial charge in [0, 0.05) is 4.88 Å². The van der Waals surface area contributed by atoms with Crippen molar-refractivity contribution in [2.45, 2.75) is 26.4 Å². The Bertz CT molecular complexity index is 1210. The number of amides is 1. The number of aryl methyl sites for hydroxylation is 2. The lowest BCUT2D eigenvalue weighted by atomic mass is 9.94. The second kappa shape index (κ2) is 8.76. The van der Waals surface area contributed by atoms with Gasteiger partial charge in [0.25, 0.3) is 5.91 Å². The molecule has 0 spiro atoms. The third kappa shape index (κ3) is 3.78. The van der Waals surface area contributed by atoms with Crippen molar-refractivity contribution >= 4 is 34.4 Å². The highest BCUT2D eigenvalue weighted by atomic mass is 32.1. The van der Waals surface area contributed by atoms with Crippen molar-refractivity contribution in [2.24, 2.45) is 0 Å². The lowest BCUT2D eigenvalue weighted by Gasteiger charge is -2.27. The molecular formula is C23H22N2O5S2. The summed E-state index contributed by atoms with van der Waals surface area (Å²) in [6.07, 6.45) is 0. The Morgan fingerprint density at radius 1 is 1.19 bits per heavy atom. The van der Waals surface area contributed by atoms with E-state index in [0.29, 0.717) is 27.6 Å². The number of aliphatic hydroxyl groups is 1. The van der Waals surface area contributed by atoms with Gasteiger partial charge in [-0.2, -0.15) is 0 Å².